The number of nitrogens with zero attached hydrogens (tertiary/aromatic N) is 4. The van der Waals surface area contributed by atoms with Gasteiger partial charge in [0.05, 0.1) is 22.4 Å². The van der Waals surface area contributed by atoms with Crippen LogP contribution in [0.25, 0.3) is 5.69 Å². The van der Waals surface area contributed by atoms with Gasteiger partial charge in [-0.3, -0.25) is 0 Å². The zero-order chi connectivity index (χ0) is 16.9. The lowest BCUT2D eigenvalue weighted by Gasteiger charge is -2.13. The van der Waals surface area contributed by atoms with Gasteiger partial charge in [0, 0.05) is 11.9 Å². The molecule has 2 N–H and O–H groups in total. The van der Waals surface area contributed by atoms with Crippen LogP contribution < -0.4 is 10.6 Å². The maximum absolute atomic E-state index is 12.0. The first-order chi connectivity index (χ1) is 11.6. The highest BCUT2D eigenvalue weighted by Gasteiger charge is 2.11. The van der Waals surface area contributed by atoms with Crippen LogP contribution in [0.4, 0.5) is 4.79 Å². The van der Waals surface area contributed by atoms with Crippen molar-refractivity contribution < 1.29 is 4.79 Å². The van der Waals surface area contributed by atoms with Gasteiger partial charge in [-0.1, -0.05) is 12.1 Å². The molecule has 3 aromatic rings. The fourth-order valence-electron chi connectivity index (χ4n) is 2.23. The molecule has 0 saturated heterocycles. The number of benzene rings is 1. The van der Waals surface area contributed by atoms with Crippen LogP contribution in [0, 0.1) is 6.92 Å². The molecule has 0 radical (unpaired) electrons. The number of amides is 2. The summed E-state index contributed by atoms with van der Waals surface area (Å²) < 4.78 is 1.68. The Hall–Kier alpha value is -2.74. The van der Waals surface area contributed by atoms with Gasteiger partial charge in [-0.05, 0) is 31.5 Å². The summed E-state index contributed by atoms with van der Waals surface area (Å²) in [4.78, 5) is 20.4. The molecule has 1 aromatic carbocycles. The van der Waals surface area contributed by atoms with Gasteiger partial charge in [-0.15, -0.1) is 11.3 Å². The van der Waals surface area contributed by atoms with Gasteiger partial charge in [0.25, 0.3) is 0 Å². The second kappa shape index (κ2) is 7.22. The number of urea groups is 1. The average molecular weight is 342 g/mol. The minimum atomic E-state index is -0.223. The fraction of sp³-hybridized carbons (Fsp3) is 0.250. The molecule has 0 fully saturated rings. The molecule has 2 amide bonds. The number of carbonyl (C=O) groups excluding carboxylic acids is 1. The molecule has 0 unspecified atom stereocenters. The van der Waals surface area contributed by atoms with Gasteiger partial charge < -0.3 is 10.6 Å². The second-order valence-corrected chi connectivity index (χ2v) is 6.41. The maximum atomic E-state index is 12.0. The monoisotopic (exact) mass is 342 g/mol. The Labute approximate surface area is 143 Å². The summed E-state index contributed by atoms with van der Waals surface area (Å²) in [6.45, 7) is 4.29. The Morgan fingerprint density at radius 2 is 2.29 bits per heavy atom. The first-order valence-electron chi connectivity index (χ1n) is 7.52. The number of rotatable bonds is 5. The normalized spacial score (nSPS) is 11.9. The lowest BCUT2D eigenvalue weighted by atomic mass is 10.2. The summed E-state index contributed by atoms with van der Waals surface area (Å²) in [5, 5.41) is 12.8. The third-order valence-corrected chi connectivity index (χ3v) is 4.27. The molecule has 2 heterocycles. The number of carbonyl (C=O) groups is 1. The fourth-order valence-corrected chi connectivity index (χ4v) is 2.94. The van der Waals surface area contributed by atoms with Crippen LogP contribution in [-0.4, -0.2) is 25.8 Å². The first-order valence-corrected chi connectivity index (χ1v) is 8.40. The van der Waals surface area contributed by atoms with E-state index in [1.807, 2.05) is 43.5 Å². The topological polar surface area (TPSA) is 84.7 Å². The predicted octanol–water partition coefficient (Wildman–Crippen LogP) is 2.59. The van der Waals surface area contributed by atoms with Crippen molar-refractivity contribution in [1.29, 1.82) is 0 Å². The summed E-state index contributed by atoms with van der Waals surface area (Å²) in [6, 6.07) is 7.42. The van der Waals surface area contributed by atoms with Crippen molar-refractivity contribution in [3.8, 4) is 5.69 Å². The van der Waals surface area contributed by atoms with E-state index in [9.17, 15) is 4.79 Å². The van der Waals surface area contributed by atoms with Crippen LogP contribution in [0.2, 0.25) is 0 Å². The number of nitrogens with one attached hydrogen (secondary N) is 2. The minimum Gasteiger partial charge on any atom is -0.334 e. The Kier molecular flexibility index (Phi) is 4.85. The highest BCUT2D eigenvalue weighted by Crippen LogP contribution is 2.15. The second-order valence-electron chi connectivity index (χ2n) is 5.35. The van der Waals surface area contributed by atoms with Crippen molar-refractivity contribution in [3.63, 3.8) is 0 Å². The average Bonchev–Trinajstić information content (AvgIpc) is 3.25. The van der Waals surface area contributed by atoms with E-state index in [-0.39, 0.29) is 12.1 Å². The smallest absolute Gasteiger partial charge is 0.315 e. The molecule has 8 heteroatoms. The van der Waals surface area contributed by atoms with Gasteiger partial charge in [-0.2, -0.15) is 5.10 Å². The van der Waals surface area contributed by atoms with Crippen molar-refractivity contribution in [2.75, 3.05) is 0 Å². The Morgan fingerprint density at radius 1 is 1.42 bits per heavy atom. The largest absolute Gasteiger partial charge is 0.334 e. The zero-order valence-electron chi connectivity index (χ0n) is 13.4. The lowest BCUT2D eigenvalue weighted by molar-refractivity contribution is 0.237. The van der Waals surface area contributed by atoms with E-state index in [2.05, 4.69) is 25.7 Å². The SMILES string of the molecule is Cc1nc([C@@H](C)NC(=O)NCc2cccc(-n3cncn3)c2)cs1. The molecule has 3 rings (SSSR count). The van der Waals surface area contributed by atoms with E-state index in [4.69, 9.17) is 0 Å². The summed E-state index contributed by atoms with van der Waals surface area (Å²) in [6.07, 6.45) is 3.12. The molecule has 1 atom stereocenters. The molecule has 0 aliphatic heterocycles. The van der Waals surface area contributed by atoms with E-state index >= 15 is 0 Å². The third kappa shape index (κ3) is 3.96. The lowest BCUT2D eigenvalue weighted by Crippen LogP contribution is -2.36. The van der Waals surface area contributed by atoms with Crippen LogP contribution in [0.3, 0.4) is 0 Å². The van der Waals surface area contributed by atoms with E-state index < -0.39 is 0 Å². The minimum absolute atomic E-state index is 0.128. The van der Waals surface area contributed by atoms with E-state index in [0.717, 1.165) is 22.0 Å². The highest BCUT2D eigenvalue weighted by molar-refractivity contribution is 7.09. The zero-order valence-corrected chi connectivity index (χ0v) is 14.2. The number of hydrogen-bond acceptors (Lipinski definition) is 5. The van der Waals surface area contributed by atoms with Crippen molar-refractivity contribution in [3.05, 3.63) is 58.6 Å². The Balaban J connectivity index is 1.55. The summed E-state index contributed by atoms with van der Waals surface area (Å²) in [5.41, 5.74) is 2.76. The van der Waals surface area contributed by atoms with Crippen LogP contribution in [0.1, 0.15) is 29.2 Å². The van der Waals surface area contributed by atoms with Crippen molar-refractivity contribution >= 4 is 17.4 Å². The van der Waals surface area contributed by atoms with Crippen molar-refractivity contribution in [2.45, 2.75) is 26.4 Å². The molecule has 0 aliphatic carbocycles. The van der Waals surface area contributed by atoms with Crippen LogP contribution in [-0.2, 0) is 6.54 Å². The third-order valence-electron chi connectivity index (χ3n) is 3.47. The molecule has 0 aliphatic rings. The van der Waals surface area contributed by atoms with Gasteiger partial charge in [0.2, 0.25) is 0 Å². The van der Waals surface area contributed by atoms with Crippen LogP contribution >= 0.6 is 11.3 Å². The molecule has 0 bridgehead atoms. The number of aromatic nitrogens is 4. The highest BCUT2D eigenvalue weighted by atomic mass is 32.1. The number of thiazole rings is 1. The molecule has 0 spiro atoms. The van der Waals surface area contributed by atoms with Gasteiger partial charge in [0.1, 0.15) is 12.7 Å². The van der Waals surface area contributed by atoms with E-state index in [0.29, 0.717) is 6.54 Å². The van der Waals surface area contributed by atoms with Crippen LogP contribution in [0.15, 0.2) is 42.3 Å². The molecular formula is C16H18N6OS. The standard InChI is InChI=1S/C16H18N6OS/c1-11(15-8-24-12(2)21-15)20-16(23)18-7-13-4-3-5-14(6-13)22-10-17-9-19-22/h3-6,8-11H,7H2,1-2H3,(H2,18,20,23)/t11-/m1/s1. The molecule has 124 valence electrons. The quantitative estimate of drug-likeness (QED) is 0.746. The van der Waals surface area contributed by atoms with E-state index in [1.165, 1.54) is 6.33 Å². The maximum Gasteiger partial charge on any atom is 0.315 e. The van der Waals surface area contributed by atoms with Gasteiger partial charge in [0.15, 0.2) is 0 Å². The Bertz CT molecular complexity index is 814. The Morgan fingerprint density at radius 3 is 3.00 bits per heavy atom. The van der Waals surface area contributed by atoms with Gasteiger partial charge in [-0.25, -0.2) is 19.4 Å². The number of aryl methyl sites for hydroxylation is 1. The van der Waals surface area contributed by atoms with E-state index in [1.54, 1.807) is 22.3 Å². The summed E-state index contributed by atoms with van der Waals surface area (Å²) >= 11 is 1.57. The van der Waals surface area contributed by atoms with Crippen molar-refractivity contribution in [2.24, 2.45) is 0 Å². The molecular weight excluding hydrogens is 324 g/mol. The molecule has 0 saturated carbocycles. The summed E-state index contributed by atoms with van der Waals surface area (Å²) in [5.74, 6) is 0. The molecule has 24 heavy (non-hydrogen) atoms. The van der Waals surface area contributed by atoms with Crippen LogP contribution in [0.5, 0.6) is 0 Å². The molecule has 2 aromatic heterocycles. The summed E-state index contributed by atoms with van der Waals surface area (Å²) in [7, 11) is 0. The number of hydrogen-bond donors (Lipinski definition) is 2. The molecule has 7 nitrogen and oxygen atoms in total. The predicted molar refractivity (Wildman–Crippen MR) is 92.0 cm³/mol. The first kappa shape index (κ1) is 16.1. The van der Waals surface area contributed by atoms with Gasteiger partial charge >= 0.3 is 6.03 Å². The van der Waals surface area contributed by atoms with Crippen molar-refractivity contribution in [1.82, 2.24) is 30.4 Å².